The Hall–Kier alpha value is -1.20. The molecule has 0 fully saturated rings. The molecular formula is C12H18N4S. The molecule has 0 aliphatic heterocycles. The summed E-state index contributed by atoms with van der Waals surface area (Å²) in [7, 11) is 0. The molecule has 0 saturated heterocycles. The van der Waals surface area contributed by atoms with Crippen molar-refractivity contribution in [3.63, 3.8) is 0 Å². The highest BCUT2D eigenvalue weighted by Crippen LogP contribution is 2.23. The molecule has 0 saturated carbocycles. The van der Waals surface area contributed by atoms with Crippen molar-refractivity contribution >= 4 is 11.3 Å². The first-order valence-corrected chi connectivity index (χ1v) is 6.88. The Morgan fingerprint density at radius 1 is 1.41 bits per heavy atom. The van der Waals surface area contributed by atoms with Crippen molar-refractivity contribution in [3.05, 3.63) is 23.6 Å². The minimum Gasteiger partial charge on any atom is -0.329 e. The molecule has 2 aromatic heterocycles. The summed E-state index contributed by atoms with van der Waals surface area (Å²) in [5, 5.41) is 6.53. The van der Waals surface area contributed by atoms with E-state index < -0.39 is 0 Å². The van der Waals surface area contributed by atoms with Crippen molar-refractivity contribution in [3.8, 4) is 10.7 Å². The molecule has 5 heteroatoms. The normalized spacial score (nSPS) is 10.9. The molecule has 0 radical (unpaired) electrons. The Kier molecular flexibility index (Phi) is 4.28. The van der Waals surface area contributed by atoms with Crippen LogP contribution in [-0.4, -0.2) is 21.1 Å². The lowest BCUT2D eigenvalue weighted by Crippen LogP contribution is -2.13. The smallest absolute Gasteiger partial charge is 0.141 e. The van der Waals surface area contributed by atoms with Crippen molar-refractivity contribution in [1.82, 2.24) is 19.9 Å². The Bertz CT molecular complexity index is 461. The molecule has 0 aliphatic rings. The van der Waals surface area contributed by atoms with Gasteiger partial charge in [0.15, 0.2) is 0 Å². The van der Waals surface area contributed by atoms with Gasteiger partial charge in [-0.3, -0.25) is 0 Å². The molecule has 0 unspecified atom stereocenters. The van der Waals surface area contributed by atoms with Crippen LogP contribution in [0.3, 0.4) is 0 Å². The van der Waals surface area contributed by atoms with Crippen LogP contribution in [0.1, 0.15) is 26.0 Å². The highest BCUT2D eigenvalue weighted by atomic mass is 32.1. The summed E-state index contributed by atoms with van der Waals surface area (Å²) in [5.74, 6) is 0. The Labute approximate surface area is 106 Å². The number of aromatic nitrogens is 3. The van der Waals surface area contributed by atoms with Crippen LogP contribution in [-0.2, 0) is 13.1 Å². The molecule has 2 aromatic rings. The van der Waals surface area contributed by atoms with Crippen LogP contribution in [0.15, 0.2) is 17.9 Å². The van der Waals surface area contributed by atoms with Crippen LogP contribution >= 0.6 is 11.3 Å². The monoisotopic (exact) mass is 250 g/mol. The van der Waals surface area contributed by atoms with E-state index in [-0.39, 0.29) is 0 Å². The molecule has 0 aromatic carbocycles. The summed E-state index contributed by atoms with van der Waals surface area (Å²) in [6.45, 7) is 7.10. The second-order valence-corrected chi connectivity index (χ2v) is 4.74. The Morgan fingerprint density at radius 2 is 2.29 bits per heavy atom. The highest BCUT2D eigenvalue weighted by Gasteiger charge is 2.08. The van der Waals surface area contributed by atoms with E-state index in [0.29, 0.717) is 0 Å². The average Bonchev–Trinajstić information content (AvgIpc) is 2.96. The van der Waals surface area contributed by atoms with Gasteiger partial charge in [-0.05, 0) is 19.9 Å². The van der Waals surface area contributed by atoms with Gasteiger partial charge in [-0.2, -0.15) is 0 Å². The van der Waals surface area contributed by atoms with Gasteiger partial charge in [0.2, 0.25) is 0 Å². The summed E-state index contributed by atoms with van der Waals surface area (Å²) in [4.78, 5) is 8.80. The van der Waals surface area contributed by atoms with Gasteiger partial charge in [0.1, 0.15) is 5.01 Å². The molecule has 2 rings (SSSR count). The van der Waals surface area contributed by atoms with Crippen LogP contribution in [0, 0.1) is 0 Å². The molecule has 0 spiro atoms. The van der Waals surface area contributed by atoms with E-state index in [1.54, 1.807) is 11.3 Å². The summed E-state index contributed by atoms with van der Waals surface area (Å²) < 4.78 is 2.11. The lowest BCUT2D eigenvalue weighted by atomic mass is 10.4. The fourth-order valence-electron chi connectivity index (χ4n) is 1.65. The van der Waals surface area contributed by atoms with Gasteiger partial charge in [0.25, 0.3) is 0 Å². The molecule has 17 heavy (non-hydrogen) atoms. The molecule has 4 nitrogen and oxygen atoms in total. The maximum Gasteiger partial charge on any atom is 0.141 e. The van der Waals surface area contributed by atoms with Gasteiger partial charge in [-0.15, -0.1) is 11.3 Å². The van der Waals surface area contributed by atoms with Crippen LogP contribution in [0.5, 0.6) is 0 Å². The standard InChI is InChI=1S/C12H18N4S/c1-3-5-13-6-10-8-17-12(15-10)11-7-14-9-16(11)4-2/h7-9,13H,3-6H2,1-2H3. The van der Waals surface area contributed by atoms with Crippen molar-refractivity contribution in [1.29, 1.82) is 0 Å². The van der Waals surface area contributed by atoms with Gasteiger partial charge in [-0.25, -0.2) is 9.97 Å². The first kappa shape index (κ1) is 12.3. The van der Waals surface area contributed by atoms with Crippen LogP contribution in [0.25, 0.3) is 10.7 Å². The molecule has 0 amide bonds. The zero-order chi connectivity index (χ0) is 12.1. The van der Waals surface area contributed by atoms with Gasteiger partial charge >= 0.3 is 0 Å². The molecular weight excluding hydrogens is 232 g/mol. The minimum atomic E-state index is 0.852. The zero-order valence-electron chi connectivity index (χ0n) is 10.3. The lowest BCUT2D eigenvalue weighted by Gasteiger charge is -2.01. The summed E-state index contributed by atoms with van der Waals surface area (Å²) in [6.07, 6.45) is 4.89. The second-order valence-electron chi connectivity index (χ2n) is 3.89. The fraction of sp³-hybridized carbons (Fsp3) is 0.500. The third-order valence-corrected chi connectivity index (χ3v) is 3.47. The average molecular weight is 250 g/mol. The van der Waals surface area contributed by atoms with E-state index in [4.69, 9.17) is 0 Å². The summed E-state index contributed by atoms with van der Waals surface area (Å²) in [5.41, 5.74) is 2.22. The van der Waals surface area contributed by atoms with Gasteiger partial charge in [0, 0.05) is 18.5 Å². The van der Waals surface area contributed by atoms with Crippen LogP contribution < -0.4 is 5.32 Å². The van der Waals surface area contributed by atoms with E-state index in [9.17, 15) is 0 Å². The largest absolute Gasteiger partial charge is 0.329 e. The Balaban J connectivity index is 2.07. The molecule has 0 aliphatic carbocycles. The minimum absolute atomic E-state index is 0.852. The number of aryl methyl sites for hydroxylation is 1. The molecule has 0 atom stereocenters. The number of hydrogen-bond donors (Lipinski definition) is 1. The number of nitrogens with one attached hydrogen (secondary N) is 1. The van der Waals surface area contributed by atoms with Crippen molar-refractivity contribution in [2.24, 2.45) is 0 Å². The first-order valence-electron chi connectivity index (χ1n) is 6.00. The van der Waals surface area contributed by atoms with E-state index >= 15 is 0 Å². The van der Waals surface area contributed by atoms with E-state index in [0.717, 1.165) is 42.5 Å². The third-order valence-electron chi connectivity index (χ3n) is 2.56. The molecule has 2 heterocycles. The van der Waals surface area contributed by atoms with Gasteiger partial charge < -0.3 is 9.88 Å². The van der Waals surface area contributed by atoms with Gasteiger partial charge in [-0.1, -0.05) is 6.92 Å². The fourth-order valence-corrected chi connectivity index (χ4v) is 2.49. The number of rotatable bonds is 6. The molecule has 1 N–H and O–H groups in total. The third kappa shape index (κ3) is 2.92. The van der Waals surface area contributed by atoms with Crippen molar-refractivity contribution in [2.75, 3.05) is 6.54 Å². The van der Waals surface area contributed by atoms with E-state index in [1.165, 1.54) is 0 Å². The topological polar surface area (TPSA) is 42.7 Å². The van der Waals surface area contributed by atoms with Crippen molar-refractivity contribution in [2.45, 2.75) is 33.4 Å². The first-order chi connectivity index (χ1) is 8.35. The Morgan fingerprint density at radius 3 is 3.06 bits per heavy atom. The van der Waals surface area contributed by atoms with Crippen LogP contribution in [0.2, 0.25) is 0 Å². The van der Waals surface area contributed by atoms with E-state index in [1.807, 2.05) is 12.5 Å². The lowest BCUT2D eigenvalue weighted by molar-refractivity contribution is 0.667. The maximum absolute atomic E-state index is 4.63. The number of imidazole rings is 1. The van der Waals surface area contributed by atoms with Gasteiger partial charge in [0.05, 0.1) is 23.9 Å². The number of hydrogen-bond acceptors (Lipinski definition) is 4. The highest BCUT2D eigenvalue weighted by molar-refractivity contribution is 7.13. The predicted octanol–water partition coefficient (Wildman–Crippen LogP) is 2.53. The van der Waals surface area contributed by atoms with E-state index in [2.05, 4.69) is 39.1 Å². The van der Waals surface area contributed by atoms with Crippen LogP contribution in [0.4, 0.5) is 0 Å². The predicted molar refractivity (Wildman–Crippen MR) is 71.0 cm³/mol. The summed E-state index contributed by atoms with van der Waals surface area (Å²) in [6, 6.07) is 0. The van der Waals surface area contributed by atoms with Crippen molar-refractivity contribution < 1.29 is 0 Å². The molecule has 92 valence electrons. The zero-order valence-corrected chi connectivity index (χ0v) is 11.1. The maximum atomic E-state index is 4.63. The molecule has 0 bridgehead atoms. The number of thiazole rings is 1. The second kappa shape index (κ2) is 5.93. The summed E-state index contributed by atoms with van der Waals surface area (Å²) >= 11 is 1.68. The number of nitrogens with zero attached hydrogens (tertiary/aromatic N) is 3. The SMILES string of the molecule is CCCNCc1csc(-c2cncn2CC)n1. The quantitative estimate of drug-likeness (QED) is 0.801.